The number of benzene rings is 1. The molecule has 1 aromatic carbocycles. The third kappa shape index (κ3) is 3.13. The number of nitrogens with zero attached hydrogens (tertiary/aromatic N) is 1. The van der Waals surface area contributed by atoms with Crippen LogP contribution in [-0.4, -0.2) is 27.7 Å². The van der Waals surface area contributed by atoms with Gasteiger partial charge in [0.2, 0.25) is 0 Å². The average Bonchev–Trinajstić information content (AvgIpc) is 2.25. The van der Waals surface area contributed by atoms with Crippen LogP contribution < -0.4 is 15.0 Å². The first-order valence-electron chi connectivity index (χ1n) is 5.24. The van der Waals surface area contributed by atoms with Crippen molar-refractivity contribution in [2.45, 2.75) is 13.5 Å². The molecule has 1 N–H and O–H groups in total. The van der Waals surface area contributed by atoms with Crippen LogP contribution in [0, 0.1) is 0 Å². The van der Waals surface area contributed by atoms with Crippen molar-refractivity contribution >= 4 is 5.69 Å². The summed E-state index contributed by atoms with van der Waals surface area (Å²) in [6.45, 7) is 3.92. The Bertz CT molecular complexity index is 310. The van der Waals surface area contributed by atoms with E-state index in [9.17, 15) is 0 Å². The number of anilines is 1. The van der Waals surface area contributed by atoms with Gasteiger partial charge in [-0.25, -0.2) is 0 Å². The Morgan fingerprint density at radius 2 is 2.07 bits per heavy atom. The smallest absolute Gasteiger partial charge is 0.125 e. The maximum Gasteiger partial charge on any atom is 0.125 e. The highest BCUT2D eigenvalue weighted by atomic mass is 16.5. The lowest BCUT2D eigenvalue weighted by Crippen LogP contribution is -2.13. The van der Waals surface area contributed by atoms with Crippen LogP contribution in [-0.2, 0) is 6.54 Å². The van der Waals surface area contributed by atoms with Crippen LogP contribution in [0.15, 0.2) is 18.2 Å². The van der Waals surface area contributed by atoms with Crippen molar-refractivity contribution in [1.82, 2.24) is 5.32 Å². The molecular weight excluding hydrogens is 188 g/mol. The van der Waals surface area contributed by atoms with E-state index < -0.39 is 0 Å². The first-order valence-corrected chi connectivity index (χ1v) is 5.24. The van der Waals surface area contributed by atoms with E-state index in [1.54, 1.807) is 7.11 Å². The van der Waals surface area contributed by atoms with Crippen molar-refractivity contribution in [3.63, 3.8) is 0 Å². The molecule has 0 aromatic heterocycles. The molecule has 0 spiro atoms. The van der Waals surface area contributed by atoms with Gasteiger partial charge in [-0.3, -0.25) is 0 Å². The van der Waals surface area contributed by atoms with E-state index in [1.807, 2.05) is 14.1 Å². The van der Waals surface area contributed by atoms with Crippen LogP contribution in [0.1, 0.15) is 12.5 Å². The number of hydrogen-bond acceptors (Lipinski definition) is 3. The minimum atomic E-state index is 0.855. The Morgan fingerprint density at radius 3 is 2.60 bits per heavy atom. The van der Waals surface area contributed by atoms with Crippen LogP contribution >= 0.6 is 0 Å². The lowest BCUT2D eigenvalue weighted by atomic mass is 10.1. The molecule has 1 rings (SSSR count). The fourth-order valence-corrected chi connectivity index (χ4v) is 1.42. The molecule has 0 radical (unpaired) electrons. The highest BCUT2D eigenvalue weighted by molar-refractivity contribution is 5.52. The molecule has 0 unspecified atom stereocenters. The lowest BCUT2D eigenvalue weighted by Gasteiger charge is -2.16. The molecule has 0 fully saturated rings. The van der Waals surface area contributed by atoms with Crippen molar-refractivity contribution in [1.29, 1.82) is 0 Å². The lowest BCUT2D eigenvalue weighted by molar-refractivity contribution is 0.408. The molecule has 0 bridgehead atoms. The fraction of sp³-hybridized carbons (Fsp3) is 0.500. The van der Waals surface area contributed by atoms with Crippen LogP contribution in [0.5, 0.6) is 5.75 Å². The molecule has 0 aliphatic carbocycles. The van der Waals surface area contributed by atoms with E-state index in [0.29, 0.717) is 0 Å². The van der Waals surface area contributed by atoms with Gasteiger partial charge in [-0.05, 0) is 12.6 Å². The van der Waals surface area contributed by atoms with Crippen molar-refractivity contribution < 1.29 is 4.74 Å². The molecule has 0 aliphatic heterocycles. The first kappa shape index (κ1) is 11.9. The molecule has 84 valence electrons. The van der Waals surface area contributed by atoms with Crippen LogP contribution in [0.4, 0.5) is 5.69 Å². The third-order valence-electron chi connectivity index (χ3n) is 2.35. The molecule has 0 saturated carbocycles. The van der Waals surface area contributed by atoms with Crippen LogP contribution in [0.25, 0.3) is 0 Å². The predicted molar refractivity (Wildman–Crippen MR) is 64.7 cm³/mol. The summed E-state index contributed by atoms with van der Waals surface area (Å²) < 4.78 is 5.37. The predicted octanol–water partition coefficient (Wildman–Crippen LogP) is 1.87. The second-order valence-electron chi connectivity index (χ2n) is 3.67. The summed E-state index contributed by atoms with van der Waals surface area (Å²) in [7, 11) is 5.77. The van der Waals surface area contributed by atoms with Crippen molar-refractivity contribution in [2.75, 3.05) is 32.6 Å². The zero-order valence-electron chi connectivity index (χ0n) is 10.0. The van der Waals surface area contributed by atoms with Crippen molar-refractivity contribution in [3.8, 4) is 5.75 Å². The van der Waals surface area contributed by atoms with Gasteiger partial charge in [0, 0.05) is 38.0 Å². The summed E-state index contributed by atoms with van der Waals surface area (Å²) in [5, 5.41) is 3.29. The van der Waals surface area contributed by atoms with Gasteiger partial charge < -0.3 is 15.0 Å². The topological polar surface area (TPSA) is 24.5 Å². The number of methoxy groups -OCH3 is 1. The Hall–Kier alpha value is -1.22. The second-order valence-corrected chi connectivity index (χ2v) is 3.67. The average molecular weight is 208 g/mol. The van der Waals surface area contributed by atoms with Gasteiger partial charge in [0.05, 0.1) is 7.11 Å². The summed E-state index contributed by atoms with van der Waals surface area (Å²) in [5.74, 6) is 0.946. The molecule has 1 aromatic rings. The van der Waals surface area contributed by atoms with Crippen LogP contribution in [0.3, 0.4) is 0 Å². The number of nitrogens with one attached hydrogen (secondary N) is 1. The van der Waals surface area contributed by atoms with E-state index in [0.717, 1.165) is 24.5 Å². The zero-order valence-corrected chi connectivity index (χ0v) is 10.0. The van der Waals surface area contributed by atoms with E-state index in [1.165, 1.54) is 5.56 Å². The Kier molecular flexibility index (Phi) is 4.43. The molecule has 0 saturated heterocycles. The summed E-state index contributed by atoms with van der Waals surface area (Å²) in [4.78, 5) is 2.07. The number of hydrogen-bond donors (Lipinski definition) is 1. The number of ether oxygens (including phenoxy) is 1. The number of rotatable bonds is 5. The molecule has 0 heterocycles. The standard InChI is InChI=1S/C12H20N2O/c1-5-13-9-10-6-7-11(14(2)3)8-12(10)15-4/h6-8,13H,5,9H2,1-4H3. The van der Waals surface area contributed by atoms with E-state index in [2.05, 4.69) is 35.3 Å². The molecule has 3 nitrogen and oxygen atoms in total. The summed E-state index contributed by atoms with van der Waals surface area (Å²) in [5.41, 5.74) is 2.36. The van der Waals surface area contributed by atoms with Gasteiger partial charge in [0.1, 0.15) is 5.75 Å². The Labute approximate surface area is 92.0 Å². The summed E-state index contributed by atoms with van der Waals surface area (Å²) >= 11 is 0. The monoisotopic (exact) mass is 208 g/mol. The molecular formula is C12H20N2O. The third-order valence-corrected chi connectivity index (χ3v) is 2.35. The van der Waals surface area contributed by atoms with Gasteiger partial charge >= 0.3 is 0 Å². The highest BCUT2D eigenvalue weighted by Crippen LogP contribution is 2.24. The first-order chi connectivity index (χ1) is 7.19. The molecule has 0 atom stereocenters. The van der Waals surface area contributed by atoms with E-state index in [4.69, 9.17) is 4.74 Å². The van der Waals surface area contributed by atoms with E-state index in [-0.39, 0.29) is 0 Å². The van der Waals surface area contributed by atoms with Gasteiger partial charge in [0.25, 0.3) is 0 Å². The summed E-state index contributed by atoms with van der Waals surface area (Å²) in [6.07, 6.45) is 0. The van der Waals surface area contributed by atoms with Gasteiger partial charge in [0.15, 0.2) is 0 Å². The zero-order chi connectivity index (χ0) is 11.3. The minimum Gasteiger partial charge on any atom is -0.496 e. The Balaban J connectivity index is 2.88. The van der Waals surface area contributed by atoms with Crippen LogP contribution in [0.2, 0.25) is 0 Å². The summed E-state index contributed by atoms with van der Waals surface area (Å²) in [6, 6.07) is 6.28. The van der Waals surface area contributed by atoms with Gasteiger partial charge in [-0.15, -0.1) is 0 Å². The second kappa shape index (κ2) is 5.61. The van der Waals surface area contributed by atoms with E-state index >= 15 is 0 Å². The fourth-order valence-electron chi connectivity index (χ4n) is 1.42. The SMILES string of the molecule is CCNCc1ccc(N(C)C)cc1OC. The largest absolute Gasteiger partial charge is 0.496 e. The molecule has 0 aliphatic rings. The highest BCUT2D eigenvalue weighted by Gasteiger charge is 2.04. The van der Waals surface area contributed by atoms with Crippen molar-refractivity contribution in [2.24, 2.45) is 0 Å². The maximum atomic E-state index is 5.37. The van der Waals surface area contributed by atoms with Gasteiger partial charge in [-0.1, -0.05) is 13.0 Å². The van der Waals surface area contributed by atoms with Crippen molar-refractivity contribution in [3.05, 3.63) is 23.8 Å². The molecule has 0 amide bonds. The molecule has 15 heavy (non-hydrogen) atoms. The van der Waals surface area contributed by atoms with Gasteiger partial charge in [-0.2, -0.15) is 0 Å². The minimum absolute atomic E-state index is 0.855. The molecule has 3 heteroatoms. The Morgan fingerprint density at radius 1 is 1.33 bits per heavy atom. The maximum absolute atomic E-state index is 5.37. The quantitative estimate of drug-likeness (QED) is 0.799. The normalized spacial score (nSPS) is 10.1.